The summed E-state index contributed by atoms with van der Waals surface area (Å²) in [5.41, 5.74) is 7.88. The number of amides is 4. The van der Waals surface area contributed by atoms with E-state index in [9.17, 15) is 27.6 Å². The molecule has 38 heavy (non-hydrogen) atoms. The Labute approximate surface area is 219 Å². The molecule has 1 aromatic carbocycles. The quantitative estimate of drug-likeness (QED) is 0.543. The second kappa shape index (κ2) is 11.0. The van der Waals surface area contributed by atoms with Crippen LogP contribution in [0.25, 0.3) is 0 Å². The van der Waals surface area contributed by atoms with E-state index in [1.165, 1.54) is 18.1 Å². The zero-order valence-electron chi connectivity index (χ0n) is 21.4. The number of rotatable bonds is 6. The van der Waals surface area contributed by atoms with Crippen LogP contribution in [0.15, 0.2) is 42.6 Å². The number of carbonyl (C=O) groups excluding carboxylic acids is 3. The minimum absolute atomic E-state index is 0.0821. The Morgan fingerprint density at radius 2 is 1.82 bits per heavy atom. The lowest BCUT2D eigenvalue weighted by molar-refractivity contribution is -0.170. The number of aromatic nitrogens is 1. The van der Waals surface area contributed by atoms with Gasteiger partial charge in [0.15, 0.2) is 0 Å². The van der Waals surface area contributed by atoms with Crippen LogP contribution in [0.3, 0.4) is 0 Å². The number of aryl methyl sites for hydroxylation is 1. The highest BCUT2D eigenvalue weighted by Gasteiger charge is 2.56. The van der Waals surface area contributed by atoms with Crippen molar-refractivity contribution in [1.82, 2.24) is 15.2 Å². The molecule has 0 spiro atoms. The molecule has 2 aromatic rings. The summed E-state index contributed by atoms with van der Waals surface area (Å²) in [4.78, 5) is 45.9. The number of nitrogens with two attached hydrogens (primary N) is 1. The van der Waals surface area contributed by atoms with Crippen LogP contribution in [0.1, 0.15) is 43.2 Å². The molecule has 1 aliphatic carbocycles. The lowest BCUT2D eigenvalue weighted by atomic mass is 9.81. The van der Waals surface area contributed by atoms with E-state index in [4.69, 9.17) is 5.73 Å². The van der Waals surface area contributed by atoms with Crippen molar-refractivity contribution in [2.24, 2.45) is 11.8 Å². The number of likely N-dealkylation sites (tertiary alicyclic amines) is 1. The first-order chi connectivity index (χ1) is 18.0. The molecule has 2 aliphatic rings. The first kappa shape index (κ1) is 27.4. The number of β-lactam (4-membered cyclic amide) rings is 1. The topological polar surface area (TPSA) is 109 Å². The summed E-state index contributed by atoms with van der Waals surface area (Å²) in [6.07, 6.45) is -0.318. The van der Waals surface area contributed by atoms with Crippen molar-refractivity contribution in [3.05, 3.63) is 53.7 Å². The van der Waals surface area contributed by atoms with Gasteiger partial charge in [-0.05, 0) is 61.9 Å². The number of halogens is 3. The van der Waals surface area contributed by atoms with Gasteiger partial charge in [-0.1, -0.05) is 37.0 Å². The Bertz CT molecular complexity index is 1180. The first-order valence-corrected chi connectivity index (χ1v) is 12.7. The largest absolute Gasteiger partial charge is 0.408 e. The summed E-state index contributed by atoms with van der Waals surface area (Å²) in [6.45, 7) is 1.89. The molecule has 4 rings (SSSR count). The van der Waals surface area contributed by atoms with E-state index in [0.717, 1.165) is 12.0 Å². The van der Waals surface area contributed by atoms with Gasteiger partial charge in [-0.2, -0.15) is 13.2 Å². The van der Waals surface area contributed by atoms with Crippen LogP contribution >= 0.6 is 0 Å². The normalized spacial score (nSPS) is 21.0. The molecule has 1 unspecified atom stereocenters. The van der Waals surface area contributed by atoms with Gasteiger partial charge in [-0.15, -0.1) is 0 Å². The molecule has 11 heteroatoms. The SMILES string of the molecule is Cc1ccc(N(C)C(=O)[C@@H]2[C@@H](Cc3ccnc(N)c3)C(=O)N2C(=O)NC(C2CCCCC2)C(F)(F)F)cc1. The molecule has 2 heterocycles. The van der Waals surface area contributed by atoms with Gasteiger partial charge in [-0.25, -0.2) is 9.78 Å². The monoisotopic (exact) mass is 531 g/mol. The maximum Gasteiger partial charge on any atom is 0.408 e. The zero-order chi connectivity index (χ0) is 27.6. The highest BCUT2D eigenvalue weighted by Crippen LogP contribution is 2.37. The highest BCUT2D eigenvalue weighted by atomic mass is 19.4. The Hall–Kier alpha value is -3.63. The number of hydrogen-bond donors (Lipinski definition) is 2. The van der Waals surface area contributed by atoms with Crippen LogP contribution < -0.4 is 16.0 Å². The molecular formula is C27H32F3N5O3. The minimum Gasteiger partial charge on any atom is -0.384 e. The fourth-order valence-electron chi connectivity index (χ4n) is 5.36. The van der Waals surface area contributed by atoms with Gasteiger partial charge < -0.3 is 16.0 Å². The smallest absolute Gasteiger partial charge is 0.384 e. The third-order valence-electron chi connectivity index (χ3n) is 7.49. The molecule has 8 nitrogen and oxygen atoms in total. The number of benzene rings is 1. The summed E-state index contributed by atoms with van der Waals surface area (Å²) < 4.78 is 41.9. The third kappa shape index (κ3) is 5.76. The highest BCUT2D eigenvalue weighted by molar-refractivity contribution is 6.12. The number of imide groups is 1. The molecule has 3 N–H and O–H groups in total. The number of pyridine rings is 1. The van der Waals surface area contributed by atoms with Crippen LogP contribution in [-0.2, 0) is 16.0 Å². The van der Waals surface area contributed by atoms with Crippen molar-refractivity contribution < 1.29 is 27.6 Å². The van der Waals surface area contributed by atoms with E-state index in [1.54, 1.807) is 24.3 Å². The molecule has 1 saturated carbocycles. The summed E-state index contributed by atoms with van der Waals surface area (Å²) >= 11 is 0. The van der Waals surface area contributed by atoms with E-state index < -0.39 is 47.9 Å². The second-order valence-electron chi connectivity index (χ2n) is 10.2. The summed E-state index contributed by atoms with van der Waals surface area (Å²) in [6, 6.07) is 5.69. The minimum atomic E-state index is -4.68. The number of likely N-dealkylation sites (N-methyl/N-ethyl adjacent to an activating group) is 1. The van der Waals surface area contributed by atoms with E-state index in [1.807, 2.05) is 19.1 Å². The van der Waals surface area contributed by atoms with Crippen molar-refractivity contribution in [3.8, 4) is 0 Å². The third-order valence-corrected chi connectivity index (χ3v) is 7.49. The average Bonchev–Trinajstić information content (AvgIpc) is 2.88. The van der Waals surface area contributed by atoms with Crippen LogP contribution in [0, 0.1) is 18.8 Å². The Balaban J connectivity index is 1.60. The number of alkyl halides is 3. The molecule has 3 atom stereocenters. The van der Waals surface area contributed by atoms with Gasteiger partial charge in [0, 0.05) is 18.9 Å². The van der Waals surface area contributed by atoms with Crippen LogP contribution in [0.5, 0.6) is 0 Å². The number of urea groups is 1. The summed E-state index contributed by atoms with van der Waals surface area (Å²) in [5, 5.41) is 2.06. The first-order valence-electron chi connectivity index (χ1n) is 12.7. The predicted octanol–water partition coefficient (Wildman–Crippen LogP) is 4.23. The molecular weight excluding hydrogens is 499 g/mol. The Kier molecular flexibility index (Phi) is 7.94. The van der Waals surface area contributed by atoms with Gasteiger partial charge in [-0.3, -0.25) is 14.5 Å². The standard InChI is InChI=1S/C27H32F3N5O3/c1-16-8-10-19(11-9-16)34(2)25(37)22-20(14-17-12-13-32-21(31)15-17)24(36)35(22)26(38)33-23(27(28,29)30)18-6-4-3-5-7-18/h8-13,15,18,20,22-23H,3-7,14H2,1-2H3,(H2,31,32)(H,33,38)/t20-,22+,23?/m1/s1. The van der Waals surface area contributed by atoms with Crippen molar-refractivity contribution in [2.75, 3.05) is 17.7 Å². The number of carbonyl (C=O) groups is 3. The predicted molar refractivity (Wildman–Crippen MR) is 136 cm³/mol. The molecule has 1 saturated heterocycles. The molecule has 0 bridgehead atoms. The Morgan fingerprint density at radius 1 is 1.16 bits per heavy atom. The molecule has 2 fully saturated rings. The molecule has 1 aromatic heterocycles. The number of nitrogens with zero attached hydrogens (tertiary/aromatic N) is 3. The fraction of sp³-hybridized carbons (Fsp3) is 0.481. The maximum absolute atomic E-state index is 14.0. The van der Waals surface area contributed by atoms with Crippen molar-refractivity contribution in [3.63, 3.8) is 0 Å². The lowest BCUT2D eigenvalue weighted by Gasteiger charge is -2.46. The maximum atomic E-state index is 14.0. The Morgan fingerprint density at radius 3 is 2.42 bits per heavy atom. The van der Waals surface area contributed by atoms with Gasteiger partial charge in [0.25, 0.3) is 5.91 Å². The van der Waals surface area contributed by atoms with Crippen LogP contribution in [-0.4, -0.2) is 53.0 Å². The number of nitrogens with one attached hydrogen (secondary N) is 1. The summed E-state index contributed by atoms with van der Waals surface area (Å²) in [7, 11) is 1.51. The average molecular weight is 532 g/mol. The number of hydrogen-bond acceptors (Lipinski definition) is 5. The van der Waals surface area contributed by atoms with Gasteiger partial charge in [0.2, 0.25) is 5.91 Å². The molecule has 1 aliphatic heterocycles. The molecule has 0 radical (unpaired) electrons. The lowest BCUT2D eigenvalue weighted by Crippen LogP contribution is -2.71. The van der Waals surface area contributed by atoms with Gasteiger partial charge >= 0.3 is 12.2 Å². The van der Waals surface area contributed by atoms with E-state index >= 15 is 0 Å². The van der Waals surface area contributed by atoms with E-state index in [-0.39, 0.29) is 12.2 Å². The van der Waals surface area contributed by atoms with Crippen LogP contribution in [0.4, 0.5) is 29.5 Å². The van der Waals surface area contributed by atoms with E-state index in [2.05, 4.69) is 10.3 Å². The van der Waals surface area contributed by atoms with Crippen LogP contribution in [0.2, 0.25) is 0 Å². The van der Waals surface area contributed by atoms with Gasteiger partial charge in [0.1, 0.15) is 17.9 Å². The summed E-state index contributed by atoms with van der Waals surface area (Å²) in [5.74, 6) is -2.77. The fourth-order valence-corrected chi connectivity index (χ4v) is 5.36. The molecule has 204 valence electrons. The van der Waals surface area contributed by atoms with Gasteiger partial charge in [0.05, 0.1) is 5.92 Å². The zero-order valence-corrected chi connectivity index (χ0v) is 21.4. The molecule has 4 amide bonds. The number of anilines is 2. The number of nitrogen functional groups attached to an aromatic ring is 1. The van der Waals surface area contributed by atoms with E-state index in [0.29, 0.717) is 41.8 Å². The second-order valence-corrected chi connectivity index (χ2v) is 10.2. The van der Waals surface area contributed by atoms with Crippen molar-refractivity contribution in [1.29, 1.82) is 0 Å². The van der Waals surface area contributed by atoms with Crippen molar-refractivity contribution >= 4 is 29.4 Å². The van der Waals surface area contributed by atoms with Crippen molar-refractivity contribution in [2.45, 2.75) is 63.7 Å².